The van der Waals surface area contributed by atoms with Gasteiger partial charge in [-0.25, -0.2) is 4.79 Å². The quantitative estimate of drug-likeness (QED) is 0.572. The van der Waals surface area contributed by atoms with E-state index in [4.69, 9.17) is 4.74 Å². The minimum atomic E-state index is -0.230. The molecule has 0 unspecified atom stereocenters. The number of esters is 1. The molecule has 1 aliphatic rings. The summed E-state index contributed by atoms with van der Waals surface area (Å²) in [4.78, 5) is 11.6. The third-order valence-corrected chi connectivity index (χ3v) is 2.84. The first kappa shape index (κ1) is 10.9. The standard InChI is InChI=1S/C14H16O2/c1-2-16-14(15)13-9-5-8-12(10-13)11-6-3-4-7-11/h3,5-6,8-11H,2,4,7H2,1H3/t11-/m1/s1. The van der Waals surface area contributed by atoms with E-state index in [9.17, 15) is 4.79 Å². The first-order chi connectivity index (χ1) is 7.81. The molecule has 0 saturated heterocycles. The van der Waals surface area contributed by atoms with Gasteiger partial charge in [-0.3, -0.25) is 0 Å². The Morgan fingerprint density at radius 1 is 1.50 bits per heavy atom. The molecule has 0 radical (unpaired) electrons. The summed E-state index contributed by atoms with van der Waals surface area (Å²) in [7, 11) is 0. The lowest BCUT2D eigenvalue weighted by molar-refractivity contribution is 0.0526. The van der Waals surface area contributed by atoms with Gasteiger partial charge in [0, 0.05) is 5.92 Å². The zero-order chi connectivity index (χ0) is 11.4. The van der Waals surface area contributed by atoms with Crippen LogP contribution < -0.4 is 0 Å². The summed E-state index contributed by atoms with van der Waals surface area (Å²) in [5.74, 6) is 0.237. The largest absolute Gasteiger partial charge is 0.462 e. The molecule has 0 spiro atoms. The second kappa shape index (κ2) is 4.97. The summed E-state index contributed by atoms with van der Waals surface area (Å²) >= 11 is 0. The zero-order valence-corrected chi connectivity index (χ0v) is 9.48. The lowest BCUT2D eigenvalue weighted by Crippen LogP contribution is -2.05. The minimum Gasteiger partial charge on any atom is -0.462 e. The molecule has 0 amide bonds. The van der Waals surface area contributed by atoms with Crippen molar-refractivity contribution in [2.45, 2.75) is 25.7 Å². The second-order valence-electron chi connectivity index (χ2n) is 3.96. The van der Waals surface area contributed by atoms with Crippen molar-refractivity contribution in [3.63, 3.8) is 0 Å². The van der Waals surface area contributed by atoms with Gasteiger partial charge in [-0.1, -0.05) is 24.3 Å². The van der Waals surface area contributed by atoms with Gasteiger partial charge in [0.15, 0.2) is 0 Å². The van der Waals surface area contributed by atoms with Crippen molar-refractivity contribution in [3.05, 3.63) is 47.5 Å². The van der Waals surface area contributed by atoms with Crippen LogP contribution in [0.5, 0.6) is 0 Å². The van der Waals surface area contributed by atoms with Gasteiger partial charge in [0.2, 0.25) is 0 Å². The van der Waals surface area contributed by atoms with Crippen LogP contribution in [0.25, 0.3) is 0 Å². The lowest BCUT2D eigenvalue weighted by Gasteiger charge is -2.09. The Balaban J connectivity index is 2.18. The fraction of sp³-hybridized carbons (Fsp3) is 0.357. The first-order valence-electron chi connectivity index (χ1n) is 5.75. The van der Waals surface area contributed by atoms with Crippen LogP contribution >= 0.6 is 0 Å². The summed E-state index contributed by atoms with van der Waals surface area (Å²) in [6, 6.07) is 7.75. The maximum absolute atomic E-state index is 11.6. The molecule has 0 saturated carbocycles. The van der Waals surface area contributed by atoms with Crippen molar-refractivity contribution in [1.82, 2.24) is 0 Å². The van der Waals surface area contributed by atoms with Crippen LogP contribution in [-0.2, 0) is 4.74 Å². The molecule has 1 aromatic carbocycles. The molecular formula is C14H16O2. The highest BCUT2D eigenvalue weighted by Crippen LogP contribution is 2.28. The average molecular weight is 216 g/mol. The number of ether oxygens (including phenoxy) is 1. The Kier molecular flexibility index (Phi) is 3.40. The highest BCUT2D eigenvalue weighted by atomic mass is 16.5. The summed E-state index contributed by atoms with van der Waals surface area (Å²) < 4.78 is 4.99. The maximum atomic E-state index is 11.6. The SMILES string of the molecule is CCOC(=O)c1cccc([C@@H]2C=CCC2)c1. The number of rotatable bonds is 3. The van der Waals surface area contributed by atoms with Crippen molar-refractivity contribution < 1.29 is 9.53 Å². The van der Waals surface area contributed by atoms with Crippen LogP contribution in [0.15, 0.2) is 36.4 Å². The van der Waals surface area contributed by atoms with Crippen molar-refractivity contribution in [1.29, 1.82) is 0 Å². The van der Waals surface area contributed by atoms with Crippen LogP contribution in [0.1, 0.15) is 41.6 Å². The molecule has 0 aromatic heterocycles. The van der Waals surface area contributed by atoms with Crippen LogP contribution in [0.4, 0.5) is 0 Å². The van der Waals surface area contributed by atoms with Gasteiger partial charge >= 0.3 is 5.97 Å². The van der Waals surface area contributed by atoms with Gasteiger partial charge in [-0.15, -0.1) is 0 Å². The van der Waals surface area contributed by atoms with E-state index in [1.54, 1.807) is 6.07 Å². The normalized spacial score (nSPS) is 18.7. The van der Waals surface area contributed by atoms with E-state index in [1.807, 2.05) is 19.1 Å². The van der Waals surface area contributed by atoms with E-state index in [-0.39, 0.29) is 5.97 Å². The Morgan fingerprint density at radius 3 is 3.06 bits per heavy atom. The molecule has 0 N–H and O–H groups in total. The monoisotopic (exact) mass is 216 g/mol. The number of hydrogen-bond donors (Lipinski definition) is 0. The highest BCUT2D eigenvalue weighted by molar-refractivity contribution is 5.89. The molecule has 2 heteroatoms. The molecule has 1 aromatic rings. The Hall–Kier alpha value is -1.57. The van der Waals surface area contributed by atoms with E-state index in [2.05, 4.69) is 18.2 Å². The predicted octanol–water partition coefficient (Wildman–Crippen LogP) is 3.30. The average Bonchev–Trinajstić information content (AvgIpc) is 2.83. The van der Waals surface area contributed by atoms with E-state index in [0.29, 0.717) is 18.1 Å². The fourth-order valence-electron chi connectivity index (χ4n) is 2.02. The molecular weight excluding hydrogens is 200 g/mol. The maximum Gasteiger partial charge on any atom is 0.338 e. The number of carbonyl (C=O) groups is 1. The zero-order valence-electron chi connectivity index (χ0n) is 9.48. The van der Waals surface area contributed by atoms with E-state index in [0.717, 1.165) is 12.8 Å². The van der Waals surface area contributed by atoms with Gasteiger partial charge in [0.1, 0.15) is 0 Å². The van der Waals surface area contributed by atoms with Crippen LogP contribution in [0.3, 0.4) is 0 Å². The third-order valence-electron chi connectivity index (χ3n) is 2.84. The summed E-state index contributed by atoms with van der Waals surface area (Å²) in [6.45, 7) is 2.24. The van der Waals surface area contributed by atoms with E-state index in [1.165, 1.54) is 5.56 Å². The van der Waals surface area contributed by atoms with Gasteiger partial charge in [0.05, 0.1) is 12.2 Å². The Bertz CT molecular complexity index is 407. The highest BCUT2D eigenvalue weighted by Gasteiger charge is 2.14. The van der Waals surface area contributed by atoms with Crippen molar-refractivity contribution in [3.8, 4) is 0 Å². The topological polar surface area (TPSA) is 26.3 Å². The lowest BCUT2D eigenvalue weighted by atomic mass is 9.97. The Morgan fingerprint density at radius 2 is 2.38 bits per heavy atom. The first-order valence-corrected chi connectivity index (χ1v) is 5.75. The van der Waals surface area contributed by atoms with Gasteiger partial charge in [-0.2, -0.15) is 0 Å². The summed E-state index contributed by atoms with van der Waals surface area (Å²) in [6.07, 6.45) is 6.69. The van der Waals surface area contributed by atoms with Crippen LogP contribution in [-0.4, -0.2) is 12.6 Å². The molecule has 16 heavy (non-hydrogen) atoms. The minimum absolute atomic E-state index is 0.230. The molecule has 2 rings (SSSR count). The van der Waals surface area contributed by atoms with Crippen molar-refractivity contribution in [2.75, 3.05) is 6.61 Å². The van der Waals surface area contributed by atoms with Gasteiger partial charge in [-0.05, 0) is 37.5 Å². The van der Waals surface area contributed by atoms with Gasteiger partial charge in [0.25, 0.3) is 0 Å². The molecule has 0 bridgehead atoms. The second-order valence-corrected chi connectivity index (χ2v) is 3.96. The number of carbonyl (C=O) groups excluding carboxylic acids is 1. The smallest absolute Gasteiger partial charge is 0.338 e. The molecule has 2 nitrogen and oxygen atoms in total. The van der Waals surface area contributed by atoms with Gasteiger partial charge < -0.3 is 4.74 Å². The molecule has 0 aliphatic heterocycles. The Labute approximate surface area is 95.9 Å². The predicted molar refractivity (Wildman–Crippen MR) is 63.5 cm³/mol. The molecule has 1 aliphatic carbocycles. The molecule has 1 atom stereocenters. The third kappa shape index (κ3) is 2.32. The fourth-order valence-corrected chi connectivity index (χ4v) is 2.02. The van der Waals surface area contributed by atoms with E-state index < -0.39 is 0 Å². The van der Waals surface area contributed by atoms with Crippen LogP contribution in [0.2, 0.25) is 0 Å². The molecule has 0 fully saturated rings. The van der Waals surface area contributed by atoms with Crippen molar-refractivity contribution >= 4 is 5.97 Å². The molecule has 0 heterocycles. The van der Waals surface area contributed by atoms with Crippen molar-refractivity contribution in [2.24, 2.45) is 0 Å². The number of allylic oxidation sites excluding steroid dienone is 2. The van der Waals surface area contributed by atoms with Crippen LogP contribution in [0, 0.1) is 0 Å². The summed E-state index contributed by atoms with van der Waals surface area (Å²) in [5.41, 5.74) is 1.86. The number of hydrogen-bond acceptors (Lipinski definition) is 2. The number of benzene rings is 1. The van der Waals surface area contributed by atoms with E-state index >= 15 is 0 Å². The molecule has 84 valence electrons. The summed E-state index contributed by atoms with van der Waals surface area (Å²) in [5, 5.41) is 0.